The Hall–Kier alpha value is -1.11. The van der Waals surface area contributed by atoms with Crippen LogP contribution in [-0.2, 0) is 6.42 Å². The van der Waals surface area contributed by atoms with Crippen LogP contribution in [0.3, 0.4) is 0 Å². The summed E-state index contributed by atoms with van der Waals surface area (Å²) >= 11 is 0. The first-order valence-corrected chi connectivity index (χ1v) is 7.16. The van der Waals surface area contributed by atoms with Gasteiger partial charge < -0.3 is 9.84 Å². The van der Waals surface area contributed by atoms with Gasteiger partial charge in [0.2, 0.25) is 5.89 Å². The second-order valence-electron chi connectivity index (χ2n) is 5.77. The molecule has 1 N–H and O–H groups in total. The van der Waals surface area contributed by atoms with Crippen LogP contribution < -0.4 is 5.32 Å². The SMILES string of the molecule is FC(F)(F)CCc1noc(C2CC3CCCCC3N2)n1. The monoisotopic (exact) mass is 289 g/mol. The maximum atomic E-state index is 12.2. The van der Waals surface area contributed by atoms with Gasteiger partial charge in [0.25, 0.3) is 0 Å². The highest BCUT2D eigenvalue weighted by atomic mass is 19.4. The predicted octanol–water partition coefficient (Wildman–Crippen LogP) is 3.16. The highest BCUT2D eigenvalue weighted by Crippen LogP contribution is 2.38. The summed E-state index contributed by atoms with van der Waals surface area (Å²) in [6.07, 6.45) is 0.520. The lowest BCUT2D eigenvalue weighted by Gasteiger charge is -2.24. The minimum Gasteiger partial charge on any atom is -0.338 e. The van der Waals surface area contributed by atoms with E-state index in [-0.39, 0.29) is 18.3 Å². The lowest BCUT2D eigenvalue weighted by atomic mass is 9.85. The molecule has 1 aliphatic carbocycles. The van der Waals surface area contributed by atoms with Crippen molar-refractivity contribution in [2.75, 3.05) is 0 Å². The number of nitrogens with one attached hydrogen (secondary N) is 1. The molecule has 0 spiro atoms. The molecular weight excluding hydrogens is 271 g/mol. The van der Waals surface area contributed by atoms with Crippen molar-refractivity contribution >= 4 is 0 Å². The van der Waals surface area contributed by atoms with Crippen molar-refractivity contribution in [1.29, 1.82) is 0 Å². The van der Waals surface area contributed by atoms with Gasteiger partial charge in [-0.15, -0.1) is 0 Å². The van der Waals surface area contributed by atoms with Crippen molar-refractivity contribution in [3.05, 3.63) is 11.7 Å². The van der Waals surface area contributed by atoms with Gasteiger partial charge in [-0.2, -0.15) is 18.2 Å². The van der Waals surface area contributed by atoms with Gasteiger partial charge in [0.1, 0.15) is 0 Å². The molecule has 3 unspecified atom stereocenters. The van der Waals surface area contributed by atoms with Gasteiger partial charge >= 0.3 is 6.18 Å². The Morgan fingerprint density at radius 3 is 2.80 bits per heavy atom. The summed E-state index contributed by atoms with van der Waals surface area (Å²) in [6.45, 7) is 0. The molecule has 20 heavy (non-hydrogen) atoms. The van der Waals surface area contributed by atoms with Gasteiger partial charge in [0.05, 0.1) is 12.5 Å². The van der Waals surface area contributed by atoms with E-state index in [2.05, 4.69) is 15.5 Å². The Morgan fingerprint density at radius 1 is 1.25 bits per heavy atom. The minimum atomic E-state index is -4.18. The standard InChI is InChI=1S/C13H18F3N3O/c14-13(15,16)6-5-11-18-12(20-19-11)10-7-8-3-1-2-4-9(8)17-10/h8-10,17H,1-7H2. The molecule has 1 aromatic heterocycles. The zero-order valence-corrected chi connectivity index (χ0v) is 11.1. The van der Waals surface area contributed by atoms with Gasteiger partial charge in [-0.25, -0.2) is 0 Å². The molecule has 1 saturated carbocycles. The molecule has 2 aliphatic rings. The van der Waals surface area contributed by atoms with Crippen LogP contribution in [0, 0.1) is 5.92 Å². The van der Waals surface area contributed by atoms with E-state index in [0.29, 0.717) is 17.9 Å². The van der Waals surface area contributed by atoms with Gasteiger partial charge in [-0.3, -0.25) is 0 Å². The third-order valence-corrected chi connectivity index (χ3v) is 4.28. The van der Waals surface area contributed by atoms with E-state index in [1.165, 1.54) is 19.3 Å². The Bertz CT molecular complexity index is 446. The molecular formula is C13H18F3N3O. The number of fused-ring (bicyclic) bond motifs is 1. The minimum absolute atomic E-state index is 0.00948. The molecule has 2 heterocycles. The van der Waals surface area contributed by atoms with Crippen molar-refractivity contribution in [3.63, 3.8) is 0 Å². The third kappa shape index (κ3) is 3.13. The fourth-order valence-corrected chi connectivity index (χ4v) is 3.27. The average Bonchev–Trinajstić information content (AvgIpc) is 3.01. The smallest absolute Gasteiger partial charge is 0.338 e. The van der Waals surface area contributed by atoms with E-state index < -0.39 is 12.6 Å². The van der Waals surface area contributed by atoms with Gasteiger partial charge in [-0.1, -0.05) is 18.0 Å². The van der Waals surface area contributed by atoms with E-state index in [1.807, 2.05) is 0 Å². The Labute approximate surface area is 115 Å². The van der Waals surface area contributed by atoms with Crippen LogP contribution in [0.4, 0.5) is 13.2 Å². The summed E-state index contributed by atoms with van der Waals surface area (Å²) in [7, 11) is 0. The number of hydrogen-bond donors (Lipinski definition) is 1. The van der Waals surface area contributed by atoms with Crippen molar-refractivity contribution in [1.82, 2.24) is 15.5 Å². The van der Waals surface area contributed by atoms with Crippen molar-refractivity contribution in [3.8, 4) is 0 Å². The van der Waals surface area contributed by atoms with E-state index in [4.69, 9.17) is 4.52 Å². The molecule has 0 radical (unpaired) electrons. The van der Waals surface area contributed by atoms with Crippen LogP contribution in [0.25, 0.3) is 0 Å². The van der Waals surface area contributed by atoms with Crippen LogP contribution in [-0.4, -0.2) is 22.4 Å². The number of hydrogen-bond acceptors (Lipinski definition) is 4. The lowest BCUT2D eigenvalue weighted by Crippen LogP contribution is -2.30. The molecule has 0 bridgehead atoms. The largest absolute Gasteiger partial charge is 0.389 e. The van der Waals surface area contributed by atoms with Crippen molar-refractivity contribution in [2.45, 2.75) is 63.2 Å². The number of rotatable bonds is 3. The summed E-state index contributed by atoms with van der Waals surface area (Å²) in [6, 6.07) is 0.509. The molecule has 1 aromatic rings. The number of aryl methyl sites for hydroxylation is 1. The fraction of sp³-hybridized carbons (Fsp3) is 0.846. The highest BCUT2D eigenvalue weighted by Gasteiger charge is 2.38. The first kappa shape index (κ1) is 13.9. The van der Waals surface area contributed by atoms with Crippen molar-refractivity contribution in [2.24, 2.45) is 5.92 Å². The second-order valence-corrected chi connectivity index (χ2v) is 5.77. The van der Waals surface area contributed by atoms with E-state index in [0.717, 1.165) is 12.8 Å². The number of nitrogens with zero attached hydrogens (tertiary/aromatic N) is 2. The number of aromatic nitrogens is 2. The van der Waals surface area contributed by atoms with Gasteiger partial charge in [0.15, 0.2) is 5.82 Å². The molecule has 2 fully saturated rings. The normalized spacial score (nSPS) is 30.4. The summed E-state index contributed by atoms with van der Waals surface area (Å²) in [5.41, 5.74) is 0. The Balaban J connectivity index is 1.60. The molecule has 0 aromatic carbocycles. The Kier molecular flexibility index (Phi) is 3.70. The quantitative estimate of drug-likeness (QED) is 0.928. The third-order valence-electron chi connectivity index (χ3n) is 4.28. The van der Waals surface area contributed by atoms with E-state index >= 15 is 0 Å². The van der Waals surface area contributed by atoms with Crippen LogP contribution in [0.15, 0.2) is 4.52 Å². The van der Waals surface area contributed by atoms with Crippen molar-refractivity contribution < 1.29 is 17.7 Å². The molecule has 3 atom stereocenters. The van der Waals surface area contributed by atoms with Crippen LogP contribution in [0.2, 0.25) is 0 Å². The molecule has 1 saturated heterocycles. The summed E-state index contributed by atoms with van der Waals surface area (Å²) in [5, 5.41) is 7.13. The predicted molar refractivity (Wildman–Crippen MR) is 64.9 cm³/mol. The first-order valence-electron chi connectivity index (χ1n) is 7.16. The van der Waals surface area contributed by atoms with Gasteiger partial charge in [0, 0.05) is 12.5 Å². The molecule has 3 rings (SSSR count). The lowest BCUT2D eigenvalue weighted by molar-refractivity contribution is -0.134. The maximum Gasteiger partial charge on any atom is 0.389 e. The topological polar surface area (TPSA) is 51.0 Å². The Morgan fingerprint density at radius 2 is 2.05 bits per heavy atom. The molecule has 4 nitrogen and oxygen atoms in total. The first-order chi connectivity index (χ1) is 9.51. The highest BCUT2D eigenvalue weighted by molar-refractivity contribution is 5.02. The molecule has 0 amide bonds. The van der Waals surface area contributed by atoms with Crippen LogP contribution in [0.5, 0.6) is 0 Å². The molecule has 112 valence electrons. The molecule has 1 aliphatic heterocycles. The zero-order valence-electron chi connectivity index (χ0n) is 11.1. The number of halogens is 3. The van der Waals surface area contributed by atoms with Crippen LogP contribution >= 0.6 is 0 Å². The zero-order chi connectivity index (χ0) is 14.2. The summed E-state index contributed by atoms with van der Waals surface area (Å²) < 4.78 is 41.6. The van der Waals surface area contributed by atoms with E-state index in [1.54, 1.807) is 0 Å². The fourth-order valence-electron chi connectivity index (χ4n) is 3.27. The van der Waals surface area contributed by atoms with E-state index in [9.17, 15) is 13.2 Å². The summed E-state index contributed by atoms with van der Waals surface area (Å²) in [4.78, 5) is 4.11. The average molecular weight is 289 g/mol. The van der Waals surface area contributed by atoms with Gasteiger partial charge in [-0.05, 0) is 25.2 Å². The summed E-state index contributed by atoms with van der Waals surface area (Å²) in [5.74, 6) is 1.23. The van der Waals surface area contributed by atoms with Crippen LogP contribution in [0.1, 0.15) is 56.3 Å². The number of alkyl halides is 3. The second kappa shape index (κ2) is 5.35. The maximum absolute atomic E-state index is 12.2. The molecule has 7 heteroatoms.